The summed E-state index contributed by atoms with van der Waals surface area (Å²) in [5, 5.41) is 2.80. The zero-order valence-corrected chi connectivity index (χ0v) is 11.0. The van der Waals surface area contributed by atoms with E-state index in [0.717, 1.165) is 19.6 Å². The van der Waals surface area contributed by atoms with E-state index in [0.29, 0.717) is 6.54 Å². The molecule has 1 aliphatic heterocycles. The van der Waals surface area contributed by atoms with Gasteiger partial charge in [-0.25, -0.2) is 4.39 Å². The molecule has 0 unspecified atom stereocenters. The molecule has 0 spiro atoms. The molecule has 19 heavy (non-hydrogen) atoms. The Hall–Kier alpha value is -1.62. The minimum absolute atomic E-state index is 0.265. The fourth-order valence-corrected chi connectivity index (χ4v) is 2.36. The number of carbonyl (C=O) groups excluding carboxylic acids is 1. The zero-order valence-electron chi connectivity index (χ0n) is 11.0. The topological polar surface area (TPSA) is 58.4 Å². The summed E-state index contributed by atoms with van der Waals surface area (Å²) in [6.45, 7) is 3.62. The van der Waals surface area contributed by atoms with Crippen LogP contribution in [0, 0.1) is 5.82 Å². The van der Waals surface area contributed by atoms with E-state index in [9.17, 15) is 9.18 Å². The maximum absolute atomic E-state index is 13.1. The van der Waals surface area contributed by atoms with Crippen LogP contribution in [0.25, 0.3) is 0 Å². The van der Waals surface area contributed by atoms with Crippen molar-refractivity contribution in [1.29, 1.82) is 0 Å². The molecule has 0 atom stereocenters. The molecule has 1 aliphatic rings. The van der Waals surface area contributed by atoms with Gasteiger partial charge in [0.25, 0.3) is 5.91 Å². The fraction of sp³-hybridized carbons (Fsp3) is 0.500. The standard InChI is InChI=1S/C14H20FN3O/c15-12-8-11(9-13(16)10-12)14(19)17-4-7-18-5-2-1-3-6-18/h8-10H,1-7,16H2,(H,17,19). The summed E-state index contributed by atoms with van der Waals surface area (Å²) in [6.07, 6.45) is 3.76. The van der Waals surface area contributed by atoms with Crippen LogP contribution in [0.15, 0.2) is 18.2 Å². The van der Waals surface area contributed by atoms with E-state index in [-0.39, 0.29) is 17.2 Å². The first kappa shape index (κ1) is 13.8. The van der Waals surface area contributed by atoms with Crippen LogP contribution in [0.2, 0.25) is 0 Å². The highest BCUT2D eigenvalue weighted by Gasteiger charge is 2.11. The zero-order chi connectivity index (χ0) is 13.7. The van der Waals surface area contributed by atoms with Crippen molar-refractivity contribution in [3.8, 4) is 0 Å². The number of carbonyl (C=O) groups is 1. The van der Waals surface area contributed by atoms with Crippen molar-refractivity contribution in [1.82, 2.24) is 10.2 Å². The molecule has 0 aliphatic carbocycles. The van der Waals surface area contributed by atoms with Crippen LogP contribution < -0.4 is 11.1 Å². The van der Waals surface area contributed by atoms with Crippen LogP contribution in [-0.4, -0.2) is 37.0 Å². The molecule has 0 radical (unpaired) electrons. The summed E-state index contributed by atoms with van der Waals surface area (Å²) in [4.78, 5) is 14.2. The van der Waals surface area contributed by atoms with Crippen LogP contribution in [-0.2, 0) is 0 Å². The van der Waals surface area contributed by atoms with E-state index in [2.05, 4.69) is 10.2 Å². The maximum atomic E-state index is 13.1. The first-order chi connectivity index (χ1) is 9.15. The van der Waals surface area contributed by atoms with Crippen molar-refractivity contribution >= 4 is 11.6 Å². The second-order valence-corrected chi connectivity index (χ2v) is 4.93. The lowest BCUT2D eigenvalue weighted by atomic mass is 10.1. The lowest BCUT2D eigenvalue weighted by Crippen LogP contribution is -2.37. The number of anilines is 1. The number of rotatable bonds is 4. The second kappa shape index (κ2) is 6.52. The number of nitrogens with two attached hydrogens (primary N) is 1. The fourth-order valence-electron chi connectivity index (χ4n) is 2.36. The van der Waals surface area contributed by atoms with Crippen LogP contribution in [0.1, 0.15) is 29.6 Å². The van der Waals surface area contributed by atoms with Gasteiger partial charge in [0.05, 0.1) is 0 Å². The van der Waals surface area contributed by atoms with Crippen LogP contribution >= 0.6 is 0 Å². The highest BCUT2D eigenvalue weighted by Crippen LogP contribution is 2.11. The Labute approximate surface area is 112 Å². The van der Waals surface area contributed by atoms with Crippen molar-refractivity contribution < 1.29 is 9.18 Å². The molecule has 1 aromatic carbocycles. The van der Waals surface area contributed by atoms with E-state index < -0.39 is 5.82 Å². The monoisotopic (exact) mass is 265 g/mol. The number of nitrogens with one attached hydrogen (secondary N) is 1. The maximum Gasteiger partial charge on any atom is 0.251 e. The summed E-state index contributed by atoms with van der Waals surface area (Å²) in [6, 6.07) is 3.89. The van der Waals surface area contributed by atoms with Crippen molar-refractivity contribution in [2.45, 2.75) is 19.3 Å². The minimum atomic E-state index is -0.485. The molecule has 0 aromatic heterocycles. The number of likely N-dealkylation sites (tertiary alicyclic amines) is 1. The van der Waals surface area contributed by atoms with Gasteiger partial charge in [0.2, 0.25) is 0 Å². The number of hydrogen-bond acceptors (Lipinski definition) is 3. The van der Waals surface area contributed by atoms with Gasteiger partial charge in [-0.05, 0) is 44.1 Å². The Balaban J connectivity index is 1.80. The molecule has 3 N–H and O–H groups in total. The number of nitrogens with zero attached hydrogens (tertiary/aromatic N) is 1. The average molecular weight is 265 g/mol. The summed E-state index contributed by atoms with van der Waals surface area (Å²) in [7, 11) is 0. The Morgan fingerprint density at radius 3 is 2.68 bits per heavy atom. The lowest BCUT2D eigenvalue weighted by Gasteiger charge is -2.26. The summed E-state index contributed by atoms with van der Waals surface area (Å²) < 4.78 is 13.1. The third kappa shape index (κ3) is 4.21. The van der Waals surface area contributed by atoms with Gasteiger partial charge >= 0.3 is 0 Å². The molecule has 0 bridgehead atoms. The third-order valence-electron chi connectivity index (χ3n) is 3.34. The molecule has 1 aromatic rings. The van der Waals surface area contributed by atoms with Crippen molar-refractivity contribution in [3.05, 3.63) is 29.6 Å². The summed E-state index contributed by atoms with van der Waals surface area (Å²) in [5.41, 5.74) is 6.05. The van der Waals surface area contributed by atoms with Crippen molar-refractivity contribution in [3.63, 3.8) is 0 Å². The van der Waals surface area contributed by atoms with Gasteiger partial charge in [0.1, 0.15) is 5.82 Å². The van der Waals surface area contributed by atoms with Crippen molar-refractivity contribution in [2.24, 2.45) is 0 Å². The molecule has 1 fully saturated rings. The highest BCUT2D eigenvalue weighted by atomic mass is 19.1. The van der Waals surface area contributed by atoms with Gasteiger partial charge in [-0.1, -0.05) is 6.42 Å². The molecule has 0 saturated carbocycles. The molecule has 4 nitrogen and oxygen atoms in total. The quantitative estimate of drug-likeness (QED) is 0.813. The van der Waals surface area contributed by atoms with Crippen LogP contribution in [0.4, 0.5) is 10.1 Å². The molecule has 5 heteroatoms. The van der Waals surface area contributed by atoms with Gasteiger partial charge in [0.15, 0.2) is 0 Å². The number of amides is 1. The van der Waals surface area contributed by atoms with E-state index >= 15 is 0 Å². The molecular weight excluding hydrogens is 245 g/mol. The van der Waals surface area contributed by atoms with Gasteiger partial charge in [0, 0.05) is 24.3 Å². The summed E-state index contributed by atoms with van der Waals surface area (Å²) >= 11 is 0. The first-order valence-corrected chi connectivity index (χ1v) is 6.72. The third-order valence-corrected chi connectivity index (χ3v) is 3.34. The molecule has 1 heterocycles. The van der Waals surface area contributed by atoms with Gasteiger partial charge in [-0.2, -0.15) is 0 Å². The summed E-state index contributed by atoms with van der Waals surface area (Å²) in [5.74, 6) is -0.760. The number of halogens is 1. The van der Waals surface area contributed by atoms with Gasteiger partial charge in [-0.15, -0.1) is 0 Å². The Morgan fingerprint density at radius 2 is 2.00 bits per heavy atom. The average Bonchev–Trinajstić information content (AvgIpc) is 2.38. The number of piperidine rings is 1. The number of nitrogen functional groups attached to an aromatic ring is 1. The predicted molar refractivity (Wildman–Crippen MR) is 73.4 cm³/mol. The molecule has 104 valence electrons. The minimum Gasteiger partial charge on any atom is -0.399 e. The number of benzene rings is 1. The van der Waals surface area contributed by atoms with E-state index in [1.165, 1.54) is 37.5 Å². The van der Waals surface area contributed by atoms with E-state index in [4.69, 9.17) is 5.73 Å². The highest BCUT2D eigenvalue weighted by molar-refractivity contribution is 5.95. The van der Waals surface area contributed by atoms with Gasteiger partial charge < -0.3 is 16.0 Å². The Kier molecular flexibility index (Phi) is 4.74. The number of hydrogen-bond donors (Lipinski definition) is 2. The van der Waals surface area contributed by atoms with Crippen LogP contribution in [0.5, 0.6) is 0 Å². The Morgan fingerprint density at radius 1 is 1.26 bits per heavy atom. The molecule has 1 amide bonds. The lowest BCUT2D eigenvalue weighted by molar-refractivity contribution is 0.0946. The smallest absolute Gasteiger partial charge is 0.251 e. The van der Waals surface area contributed by atoms with E-state index in [1.807, 2.05) is 0 Å². The molecule has 2 rings (SSSR count). The second-order valence-electron chi connectivity index (χ2n) is 4.93. The molecular formula is C14H20FN3O. The first-order valence-electron chi connectivity index (χ1n) is 6.72. The SMILES string of the molecule is Nc1cc(F)cc(C(=O)NCCN2CCCCC2)c1. The largest absolute Gasteiger partial charge is 0.399 e. The predicted octanol–water partition coefficient (Wildman–Crippen LogP) is 1.62. The Bertz CT molecular complexity index is 424. The van der Waals surface area contributed by atoms with Crippen molar-refractivity contribution in [2.75, 3.05) is 31.9 Å². The normalized spacial score (nSPS) is 16.3. The van der Waals surface area contributed by atoms with E-state index in [1.54, 1.807) is 0 Å². The van der Waals surface area contributed by atoms with Gasteiger partial charge in [-0.3, -0.25) is 4.79 Å². The van der Waals surface area contributed by atoms with Crippen LogP contribution in [0.3, 0.4) is 0 Å². The molecule has 1 saturated heterocycles.